The summed E-state index contributed by atoms with van der Waals surface area (Å²) in [7, 11) is 0. The molecule has 0 aromatic heterocycles. The van der Waals surface area contributed by atoms with Gasteiger partial charge in [-0.2, -0.15) is 5.26 Å². The van der Waals surface area contributed by atoms with Crippen LogP contribution < -0.4 is 15.0 Å². The lowest BCUT2D eigenvalue weighted by molar-refractivity contribution is -0.123. The van der Waals surface area contributed by atoms with Crippen molar-refractivity contribution >= 4 is 23.4 Å². The second-order valence-corrected chi connectivity index (χ2v) is 6.68. The lowest BCUT2D eigenvalue weighted by Crippen LogP contribution is -2.33. The van der Waals surface area contributed by atoms with Gasteiger partial charge in [-0.25, -0.2) is 4.79 Å². The summed E-state index contributed by atoms with van der Waals surface area (Å²) in [5.41, 5.74) is 0.557. The van der Waals surface area contributed by atoms with Gasteiger partial charge in [-0.3, -0.25) is 9.69 Å². The molecule has 0 spiro atoms. The van der Waals surface area contributed by atoms with Gasteiger partial charge in [0.25, 0.3) is 0 Å². The highest BCUT2D eigenvalue weighted by Crippen LogP contribution is 2.22. The second-order valence-electron chi connectivity index (χ2n) is 6.68. The minimum atomic E-state index is -0.669. The molecule has 26 heavy (non-hydrogen) atoms. The summed E-state index contributed by atoms with van der Waals surface area (Å²) < 4.78 is 5.38. The monoisotopic (exact) mass is 351 g/mol. The zero-order valence-electron chi connectivity index (χ0n) is 15.0. The van der Waals surface area contributed by atoms with Crippen LogP contribution in [0.1, 0.15) is 20.8 Å². The molecule has 134 valence electrons. The minimum absolute atomic E-state index is 0.136. The maximum Gasteiger partial charge on any atom is 0.420 e. The average molecular weight is 351 g/mol. The summed E-state index contributed by atoms with van der Waals surface area (Å²) in [5.74, 6) is 0.136. The Labute approximate surface area is 153 Å². The summed E-state index contributed by atoms with van der Waals surface area (Å²) in [5, 5.41) is 11.8. The number of anilines is 2. The molecule has 2 aromatic carbocycles. The van der Waals surface area contributed by atoms with Crippen molar-refractivity contribution in [2.75, 3.05) is 16.8 Å². The SMILES string of the molecule is CC(C)(C)C(=O)Nc1cccc(OC(=O)N(CC#N)c2ccccc2)c1. The molecule has 0 aliphatic carbocycles. The Morgan fingerprint density at radius 2 is 1.81 bits per heavy atom. The van der Waals surface area contributed by atoms with Gasteiger partial charge in [-0.15, -0.1) is 0 Å². The molecule has 0 aliphatic rings. The van der Waals surface area contributed by atoms with E-state index in [2.05, 4.69) is 5.32 Å². The zero-order chi connectivity index (χ0) is 19.2. The molecule has 2 amide bonds. The fraction of sp³-hybridized carbons (Fsp3) is 0.250. The number of nitriles is 1. The number of rotatable bonds is 4. The first-order valence-corrected chi connectivity index (χ1v) is 8.14. The van der Waals surface area contributed by atoms with E-state index in [-0.39, 0.29) is 18.2 Å². The average Bonchev–Trinajstić information content (AvgIpc) is 2.59. The smallest absolute Gasteiger partial charge is 0.410 e. The quantitative estimate of drug-likeness (QED) is 0.837. The number of hydrogen-bond acceptors (Lipinski definition) is 4. The molecule has 0 unspecified atom stereocenters. The van der Waals surface area contributed by atoms with Gasteiger partial charge in [-0.1, -0.05) is 45.0 Å². The number of nitrogens with one attached hydrogen (secondary N) is 1. The van der Waals surface area contributed by atoms with Crippen molar-refractivity contribution in [3.8, 4) is 11.8 Å². The van der Waals surface area contributed by atoms with Crippen LogP contribution in [0, 0.1) is 16.7 Å². The van der Waals surface area contributed by atoms with Crippen LogP contribution in [0.25, 0.3) is 0 Å². The highest BCUT2D eigenvalue weighted by Gasteiger charge is 2.22. The van der Waals surface area contributed by atoms with Crippen LogP contribution >= 0.6 is 0 Å². The molecule has 6 heteroatoms. The standard InChI is InChI=1S/C20H21N3O3/c1-20(2,3)18(24)22-15-8-7-11-17(14-15)26-19(25)23(13-12-21)16-9-5-4-6-10-16/h4-11,14H,13H2,1-3H3,(H,22,24). The molecule has 6 nitrogen and oxygen atoms in total. The van der Waals surface area contributed by atoms with Crippen molar-refractivity contribution in [2.45, 2.75) is 20.8 Å². The molecule has 0 radical (unpaired) electrons. The lowest BCUT2D eigenvalue weighted by atomic mass is 9.95. The van der Waals surface area contributed by atoms with Gasteiger partial charge >= 0.3 is 6.09 Å². The first-order valence-electron chi connectivity index (χ1n) is 8.14. The Kier molecular flexibility index (Phi) is 5.97. The molecule has 0 bridgehead atoms. The number of ether oxygens (including phenoxy) is 1. The maximum atomic E-state index is 12.5. The molecule has 0 atom stereocenters. The summed E-state index contributed by atoms with van der Waals surface area (Å²) in [6.07, 6.45) is -0.669. The Bertz CT molecular complexity index is 820. The molecule has 0 aliphatic heterocycles. The predicted octanol–water partition coefficient (Wildman–Crippen LogP) is 4.20. The fourth-order valence-electron chi connectivity index (χ4n) is 2.05. The van der Waals surface area contributed by atoms with Gasteiger partial charge in [0, 0.05) is 22.9 Å². The van der Waals surface area contributed by atoms with Gasteiger partial charge in [0.2, 0.25) is 5.91 Å². The largest absolute Gasteiger partial charge is 0.420 e. The number of hydrogen-bond donors (Lipinski definition) is 1. The van der Waals surface area contributed by atoms with Crippen molar-refractivity contribution in [3.63, 3.8) is 0 Å². The van der Waals surface area contributed by atoms with Crippen LogP contribution in [-0.2, 0) is 4.79 Å². The van der Waals surface area contributed by atoms with E-state index in [1.807, 2.05) is 32.9 Å². The van der Waals surface area contributed by atoms with Gasteiger partial charge in [0.1, 0.15) is 12.3 Å². The molecular weight excluding hydrogens is 330 g/mol. The zero-order valence-corrected chi connectivity index (χ0v) is 15.0. The van der Waals surface area contributed by atoms with Crippen LogP contribution in [-0.4, -0.2) is 18.5 Å². The van der Waals surface area contributed by atoms with E-state index in [9.17, 15) is 9.59 Å². The van der Waals surface area contributed by atoms with Crippen LogP contribution in [0.15, 0.2) is 54.6 Å². The van der Waals surface area contributed by atoms with E-state index in [4.69, 9.17) is 10.00 Å². The summed E-state index contributed by atoms with van der Waals surface area (Å²) >= 11 is 0. The lowest BCUT2D eigenvalue weighted by Gasteiger charge is -2.20. The number of benzene rings is 2. The van der Waals surface area contributed by atoms with Crippen LogP contribution in [0.5, 0.6) is 5.75 Å². The van der Waals surface area contributed by atoms with E-state index in [0.29, 0.717) is 11.4 Å². The van der Waals surface area contributed by atoms with Gasteiger partial charge in [0.05, 0.1) is 6.07 Å². The second kappa shape index (κ2) is 8.17. The molecular formula is C20H21N3O3. The first kappa shape index (κ1) is 19.0. The van der Waals surface area contributed by atoms with E-state index in [1.54, 1.807) is 48.5 Å². The van der Waals surface area contributed by atoms with E-state index < -0.39 is 11.5 Å². The van der Waals surface area contributed by atoms with Crippen molar-refractivity contribution < 1.29 is 14.3 Å². The number of carbonyl (C=O) groups excluding carboxylic acids is 2. The van der Waals surface area contributed by atoms with Gasteiger partial charge < -0.3 is 10.1 Å². The third-order valence-electron chi connectivity index (χ3n) is 3.50. The fourth-order valence-corrected chi connectivity index (χ4v) is 2.05. The normalized spacial score (nSPS) is 10.5. The molecule has 0 saturated carbocycles. The Hall–Kier alpha value is -3.33. The van der Waals surface area contributed by atoms with Crippen LogP contribution in [0.3, 0.4) is 0 Å². The van der Waals surface area contributed by atoms with E-state index >= 15 is 0 Å². The van der Waals surface area contributed by atoms with E-state index in [0.717, 1.165) is 0 Å². The van der Waals surface area contributed by atoms with Crippen molar-refractivity contribution in [1.82, 2.24) is 0 Å². The van der Waals surface area contributed by atoms with Crippen molar-refractivity contribution in [3.05, 3.63) is 54.6 Å². The highest BCUT2D eigenvalue weighted by molar-refractivity contribution is 5.95. The summed E-state index contributed by atoms with van der Waals surface area (Å²) in [6.45, 7) is 5.30. The number of carbonyl (C=O) groups is 2. The molecule has 0 saturated heterocycles. The Morgan fingerprint density at radius 3 is 2.42 bits per heavy atom. The van der Waals surface area contributed by atoms with Crippen LogP contribution in [0.2, 0.25) is 0 Å². The van der Waals surface area contributed by atoms with Crippen molar-refractivity contribution in [1.29, 1.82) is 5.26 Å². The van der Waals surface area contributed by atoms with Crippen molar-refractivity contribution in [2.24, 2.45) is 5.41 Å². The topological polar surface area (TPSA) is 82.4 Å². The third-order valence-corrected chi connectivity index (χ3v) is 3.50. The molecule has 2 aromatic rings. The van der Waals surface area contributed by atoms with E-state index in [1.165, 1.54) is 4.90 Å². The minimum Gasteiger partial charge on any atom is -0.410 e. The third kappa shape index (κ3) is 5.08. The van der Waals surface area contributed by atoms with Crippen LogP contribution in [0.4, 0.5) is 16.2 Å². The predicted molar refractivity (Wildman–Crippen MR) is 100.0 cm³/mol. The van der Waals surface area contributed by atoms with Gasteiger partial charge in [0.15, 0.2) is 0 Å². The Morgan fingerprint density at radius 1 is 1.12 bits per heavy atom. The molecule has 1 N–H and O–H groups in total. The number of para-hydroxylation sites is 1. The summed E-state index contributed by atoms with van der Waals surface area (Å²) in [6, 6.07) is 17.3. The first-order chi connectivity index (χ1) is 12.3. The Balaban J connectivity index is 2.14. The van der Waals surface area contributed by atoms with Gasteiger partial charge in [-0.05, 0) is 24.3 Å². The number of amides is 2. The molecule has 2 rings (SSSR count). The number of nitrogens with zero attached hydrogens (tertiary/aromatic N) is 2. The highest BCUT2D eigenvalue weighted by atomic mass is 16.6. The maximum absolute atomic E-state index is 12.5. The molecule has 0 fully saturated rings. The summed E-state index contributed by atoms with van der Waals surface area (Å²) in [4.78, 5) is 25.8. The molecule has 0 heterocycles.